The largest absolute Gasteiger partial charge is 0.389 e. The Hall–Kier alpha value is -0.620. The fourth-order valence-electron chi connectivity index (χ4n) is 2.45. The number of rotatable bonds is 7. The van der Waals surface area contributed by atoms with Crippen molar-refractivity contribution in [2.24, 2.45) is 0 Å². The van der Waals surface area contributed by atoms with Gasteiger partial charge in [-0.15, -0.1) is 0 Å². The second-order valence-electron chi connectivity index (χ2n) is 5.63. The topological polar surface area (TPSA) is 50.7 Å². The number of aliphatic hydroxyl groups excluding tert-OH is 1. The summed E-state index contributed by atoms with van der Waals surface area (Å²) in [6.07, 6.45) is 1.87. The van der Waals surface area contributed by atoms with E-state index in [4.69, 9.17) is 9.47 Å². The van der Waals surface area contributed by atoms with Crippen molar-refractivity contribution in [1.82, 2.24) is 0 Å². The van der Waals surface area contributed by atoms with Gasteiger partial charge in [-0.25, -0.2) is 0 Å². The van der Waals surface area contributed by atoms with E-state index in [9.17, 15) is 5.11 Å². The Morgan fingerprint density at radius 3 is 2.76 bits per heavy atom. The third-order valence-corrected chi connectivity index (χ3v) is 4.87. The molecule has 1 aliphatic heterocycles. The molecule has 2 N–H and O–H groups in total. The minimum absolute atomic E-state index is 0.210. The van der Waals surface area contributed by atoms with Crippen LogP contribution in [0.2, 0.25) is 0 Å². The molecule has 118 valence electrons. The van der Waals surface area contributed by atoms with Crippen molar-refractivity contribution in [3.8, 4) is 0 Å². The molecule has 0 spiro atoms. The van der Waals surface area contributed by atoms with Crippen molar-refractivity contribution in [2.45, 2.75) is 38.9 Å². The normalized spacial score (nSPS) is 19.7. The second-order valence-corrected chi connectivity index (χ2v) is 6.42. The maximum atomic E-state index is 9.94. The van der Waals surface area contributed by atoms with Crippen LogP contribution >= 0.6 is 15.9 Å². The van der Waals surface area contributed by atoms with Gasteiger partial charge in [-0.05, 0) is 49.9 Å². The monoisotopic (exact) mass is 357 g/mol. The molecule has 1 fully saturated rings. The third-order valence-electron chi connectivity index (χ3n) is 3.62. The van der Waals surface area contributed by atoms with Gasteiger partial charge < -0.3 is 19.9 Å². The molecule has 0 aromatic heterocycles. The molecule has 0 radical (unpaired) electrons. The molecule has 2 rings (SSSR count). The number of hydrogen-bond donors (Lipinski definition) is 2. The first kappa shape index (κ1) is 16.7. The predicted octanol–water partition coefficient (Wildman–Crippen LogP) is 3.03. The molecule has 1 saturated heterocycles. The summed E-state index contributed by atoms with van der Waals surface area (Å²) in [7, 11) is 0. The number of aryl methyl sites for hydroxylation is 2. The van der Waals surface area contributed by atoms with Gasteiger partial charge in [0.1, 0.15) is 0 Å². The van der Waals surface area contributed by atoms with Gasteiger partial charge in [-0.2, -0.15) is 0 Å². The molecule has 1 aliphatic rings. The molecule has 5 heteroatoms. The van der Waals surface area contributed by atoms with Crippen LogP contribution in [0.15, 0.2) is 16.6 Å². The highest BCUT2D eigenvalue weighted by molar-refractivity contribution is 9.10. The SMILES string of the molecule is Cc1cc(NCC(O)COCC2CCCO2)cc(C)c1Br. The highest BCUT2D eigenvalue weighted by Gasteiger charge is 2.16. The van der Waals surface area contributed by atoms with E-state index in [0.717, 1.165) is 29.6 Å². The van der Waals surface area contributed by atoms with Crippen molar-refractivity contribution in [1.29, 1.82) is 0 Å². The van der Waals surface area contributed by atoms with Crippen LogP contribution in [0.25, 0.3) is 0 Å². The number of halogens is 1. The van der Waals surface area contributed by atoms with E-state index in [1.165, 1.54) is 11.1 Å². The minimum atomic E-state index is -0.518. The van der Waals surface area contributed by atoms with Crippen molar-refractivity contribution in [3.05, 3.63) is 27.7 Å². The number of benzene rings is 1. The summed E-state index contributed by atoms with van der Waals surface area (Å²) in [6, 6.07) is 4.13. The first-order valence-electron chi connectivity index (χ1n) is 7.44. The number of ether oxygens (including phenoxy) is 2. The standard InChI is InChI=1S/C16H24BrNO3/c1-11-6-13(7-12(2)16(11)17)18-8-14(19)9-20-10-15-4-3-5-21-15/h6-7,14-15,18-19H,3-5,8-10H2,1-2H3. The van der Waals surface area contributed by atoms with Crippen LogP contribution in [0.4, 0.5) is 5.69 Å². The summed E-state index contributed by atoms with van der Waals surface area (Å²) in [6.45, 7) is 6.34. The van der Waals surface area contributed by atoms with Crippen LogP contribution in [0.1, 0.15) is 24.0 Å². The highest BCUT2D eigenvalue weighted by atomic mass is 79.9. The lowest BCUT2D eigenvalue weighted by Gasteiger charge is -2.16. The fourth-order valence-corrected chi connectivity index (χ4v) is 2.68. The Labute approximate surface area is 135 Å². The van der Waals surface area contributed by atoms with Gasteiger partial charge in [0.05, 0.1) is 25.4 Å². The smallest absolute Gasteiger partial charge is 0.0945 e. The summed E-state index contributed by atoms with van der Waals surface area (Å²) < 4.78 is 12.1. The van der Waals surface area contributed by atoms with Crippen LogP contribution in [0, 0.1) is 13.8 Å². The van der Waals surface area contributed by atoms with Gasteiger partial charge in [-0.3, -0.25) is 0 Å². The molecule has 1 heterocycles. The minimum Gasteiger partial charge on any atom is -0.389 e. The van der Waals surface area contributed by atoms with Crippen molar-refractivity contribution >= 4 is 21.6 Å². The molecule has 2 unspecified atom stereocenters. The van der Waals surface area contributed by atoms with Crippen LogP contribution in [0.5, 0.6) is 0 Å². The molecule has 0 amide bonds. The molecular formula is C16H24BrNO3. The molecule has 1 aromatic rings. The van der Waals surface area contributed by atoms with E-state index < -0.39 is 6.10 Å². The summed E-state index contributed by atoms with van der Waals surface area (Å²) in [4.78, 5) is 0. The number of anilines is 1. The Kier molecular flexibility index (Phi) is 6.48. The van der Waals surface area contributed by atoms with Gasteiger partial charge >= 0.3 is 0 Å². The van der Waals surface area contributed by atoms with Crippen molar-refractivity contribution < 1.29 is 14.6 Å². The maximum absolute atomic E-state index is 9.94. The molecular weight excluding hydrogens is 334 g/mol. The molecule has 0 aliphatic carbocycles. The van der Waals surface area contributed by atoms with E-state index in [-0.39, 0.29) is 6.10 Å². The number of aliphatic hydroxyl groups is 1. The first-order chi connectivity index (χ1) is 10.1. The fraction of sp³-hybridized carbons (Fsp3) is 0.625. The molecule has 21 heavy (non-hydrogen) atoms. The quantitative estimate of drug-likeness (QED) is 0.787. The summed E-state index contributed by atoms with van der Waals surface area (Å²) in [5, 5.41) is 13.2. The maximum Gasteiger partial charge on any atom is 0.0945 e. The third kappa shape index (κ3) is 5.25. The Bertz CT molecular complexity index is 438. The number of nitrogens with one attached hydrogen (secondary N) is 1. The van der Waals surface area contributed by atoms with Crippen molar-refractivity contribution in [2.75, 3.05) is 31.7 Å². The van der Waals surface area contributed by atoms with E-state index in [1.807, 2.05) is 0 Å². The van der Waals surface area contributed by atoms with Gasteiger partial charge in [0, 0.05) is 23.3 Å². The molecule has 0 saturated carbocycles. The number of hydrogen-bond acceptors (Lipinski definition) is 4. The van der Waals surface area contributed by atoms with Crippen LogP contribution < -0.4 is 5.32 Å². The molecule has 1 aromatic carbocycles. The van der Waals surface area contributed by atoms with E-state index in [1.54, 1.807) is 0 Å². The Morgan fingerprint density at radius 1 is 1.43 bits per heavy atom. The Morgan fingerprint density at radius 2 is 2.14 bits per heavy atom. The molecule has 0 bridgehead atoms. The van der Waals surface area contributed by atoms with Crippen LogP contribution in [-0.2, 0) is 9.47 Å². The molecule has 2 atom stereocenters. The highest BCUT2D eigenvalue weighted by Crippen LogP contribution is 2.24. The van der Waals surface area contributed by atoms with Crippen LogP contribution in [0.3, 0.4) is 0 Å². The van der Waals surface area contributed by atoms with Crippen molar-refractivity contribution in [3.63, 3.8) is 0 Å². The molecule has 4 nitrogen and oxygen atoms in total. The Balaban J connectivity index is 1.69. The predicted molar refractivity (Wildman–Crippen MR) is 87.9 cm³/mol. The zero-order valence-electron chi connectivity index (χ0n) is 12.7. The lowest BCUT2D eigenvalue weighted by atomic mass is 10.1. The van der Waals surface area contributed by atoms with E-state index in [0.29, 0.717) is 19.8 Å². The zero-order chi connectivity index (χ0) is 15.2. The summed E-state index contributed by atoms with van der Waals surface area (Å²) in [5.74, 6) is 0. The average Bonchev–Trinajstić information content (AvgIpc) is 2.95. The second kappa shape index (κ2) is 8.13. The van der Waals surface area contributed by atoms with Crippen LogP contribution in [-0.4, -0.2) is 43.7 Å². The lowest BCUT2D eigenvalue weighted by Crippen LogP contribution is -2.27. The lowest BCUT2D eigenvalue weighted by molar-refractivity contribution is -0.0137. The average molecular weight is 358 g/mol. The zero-order valence-corrected chi connectivity index (χ0v) is 14.3. The van der Waals surface area contributed by atoms with Gasteiger partial charge in [0.15, 0.2) is 0 Å². The van der Waals surface area contributed by atoms with E-state index in [2.05, 4.69) is 47.2 Å². The van der Waals surface area contributed by atoms with Gasteiger partial charge in [0.2, 0.25) is 0 Å². The summed E-state index contributed by atoms with van der Waals surface area (Å²) in [5.41, 5.74) is 3.38. The summed E-state index contributed by atoms with van der Waals surface area (Å²) >= 11 is 3.55. The first-order valence-corrected chi connectivity index (χ1v) is 8.23. The van der Waals surface area contributed by atoms with Gasteiger partial charge in [0.25, 0.3) is 0 Å². The van der Waals surface area contributed by atoms with Gasteiger partial charge in [-0.1, -0.05) is 15.9 Å². The van der Waals surface area contributed by atoms with E-state index >= 15 is 0 Å².